The number of hydrogen-bond acceptors (Lipinski definition) is 3. The average Bonchev–Trinajstić information content (AvgIpc) is 3.19. The number of methoxy groups -OCH3 is 1. The first-order valence-electron chi connectivity index (χ1n) is 6.51. The lowest BCUT2D eigenvalue weighted by atomic mass is 10.0. The molecule has 0 amide bonds. The van der Waals surface area contributed by atoms with Gasteiger partial charge < -0.3 is 9.47 Å². The molecular formula is C15H20O3. The summed E-state index contributed by atoms with van der Waals surface area (Å²) >= 11 is 0. The van der Waals surface area contributed by atoms with Crippen LogP contribution in [0.3, 0.4) is 0 Å². The van der Waals surface area contributed by atoms with Gasteiger partial charge >= 0.3 is 0 Å². The van der Waals surface area contributed by atoms with E-state index in [1.165, 1.54) is 0 Å². The number of ether oxygens (including phenoxy) is 2. The summed E-state index contributed by atoms with van der Waals surface area (Å²) < 4.78 is 10.8. The van der Waals surface area contributed by atoms with Crippen molar-refractivity contribution >= 4 is 5.78 Å². The summed E-state index contributed by atoms with van der Waals surface area (Å²) in [6.07, 6.45) is 4.02. The van der Waals surface area contributed by atoms with E-state index in [9.17, 15) is 4.79 Å². The SMILES string of the molecule is COC(C)CCC(=O)c1cccc(OC2CC2)c1. The second kappa shape index (κ2) is 6.01. The van der Waals surface area contributed by atoms with Gasteiger partial charge in [0.1, 0.15) is 5.75 Å². The summed E-state index contributed by atoms with van der Waals surface area (Å²) in [6.45, 7) is 1.97. The van der Waals surface area contributed by atoms with E-state index in [0.29, 0.717) is 12.5 Å². The molecule has 0 aliphatic heterocycles. The van der Waals surface area contributed by atoms with Crippen LogP contribution >= 0.6 is 0 Å². The molecule has 0 bridgehead atoms. The Balaban J connectivity index is 1.92. The van der Waals surface area contributed by atoms with Crippen LogP contribution in [0.25, 0.3) is 0 Å². The Labute approximate surface area is 108 Å². The first kappa shape index (κ1) is 13.1. The Bertz CT molecular complexity index is 410. The van der Waals surface area contributed by atoms with Crippen molar-refractivity contribution < 1.29 is 14.3 Å². The van der Waals surface area contributed by atoms with Gasteiger partial charge in [0.15, 0.2) is 5.78 Å². The fourth-order valence-electron chi connectivity index (χ4n) is 1.72. The molecule has 98 valence electrons. The van der Waals surface area contributed by atoms with Gasteiger partial charge in [-0.3, -0.25) is 4.79 Å². The highest BCUT2D eigenvalue weighted by atomic mass is 16.5. The molecule has 1 fully saturated rings. The molecular weight excluding hydrogens is 228 g/mol. The van der Waals surface area contributed by atoms with Crippen molar-refractivity contribution in [2.24, 2.45) is 0 Å². The fraction of sp³-hybridized carbons (Fsp3) is 0.533. The van der Waals surface area contributed by atoms with E-state index in [2.05, 4.69) is 0 Å². The summed E-state index contributed by atoms with van der Waals surface area (Å²) in [6, 6.07) is 7.48. The molecule has 0 N–H and O–H groups in total. The van der Waals surface area contributed by atoms with Crippen LogP contribution in [-0.4, -0.2) is 25.1 Å². The third-order valence-electron chi connectivity index (χ3n) is 3.16. The lowest BCUT2D eigenvalue weighted by Gasteiger charge is -2.09. The van der Waals surface area contributed by atoms with Gasteiger partial charge in [-0.15, -0.1) is 0 Å². The molecule has 1 aliphatic carbocycles. The Morgan fingerprint density at radius 1 is 1.44 bits per heavy atom. The van der Waals surface area contributed by atoms with Crippen molar-refractivity contribution in [2.45, 2.75) is 44.8 Å². The Kier molecular flexibility index (Phi) is 4.37. The Morgan fingerprint density at radius 2 is 2.22 bits per heavy atom. The highest BCUT2D eigenvalue weighted by Crippen LogP contribution is 2.27. The van der Waals surface area contributed by atoms with E-state index in [0.717, 1.165) is 30.6 Å². The van der Waals surface area contributed by atoms with Crippen molar-refractivity contribution in [1.29, 1.82) is 0 Å². The number of Topliss-reactive ketones (excluding diaryl/α,β-unsaturated/α-hetero) is 1. The van der Waals surface area contributed by atoms with Crippen LogP contribution in [0.2, 0.25) is 0 Å². The molecule has 1 aromatic carbocycles. The van der Waals surface area contributed by atoms with Gasteiger partial charge in [0, 0.05) is 19.1 Å². The minimum atomic E-state index is 0.125. The number of carbonyl (C=O) groups is 1. The van der Waals surface area contributed by atoms with E-state index in [1.807, 2.05) is 31.2 Å². The topological polar surface area (TPSA) is 35.5 Å². The number of rotatable bonds is 7. The first-order chi connectivity index (χ1) is 8.69. The molecule has 0 heterocycles. The van der Waals surface area contributed by atoms with Crippen LogP contribution in [0, 0.1) is 0 Å². The molecule has 3 nitrogen and oxygen atoms in total. The van der Waals surface area contributed by atoms with E-state index < -0.39 is 0 Å². The number of benzene rings is 1. The molecule has 0 saturated heterocycles. The molecule has 0 radical (unpaired) electrons. The Morgan fingerprint density at radius 3 is 2.89 bits per heavy atom. The average molecular weight is 248 g/mol. The van der Waals surface area contributed by atoms with Gasteiger partial charge in [0.25, 0.3) is 0 Å². The lowest BCUT2D eigenvalue weighted by molar-refractivity contribution is 0.0877. The fourth-order valence-corrected chi connectivity index (χ4v) is 1.72. The zero-order chi connectivity index (χ0) is 13.0. The van der Waals surface area contributed by atoms with Crippen LogP contribution in [0.1, 0.15) is 43.0 Å². The van der Waals surface area contributed by atoms with Crippen molar-refractivity contribution in [3.05, 3.63) is 29.8 Å². The smallest absolute Gasteiger partial charge is 0.163 e. The van der Waals surface area contributed by atoms with Crippen molar-refractivity contribution in [3.63, 3.8) is 0 Å². The van der Waals surface area contributed by atoms with Crippen LogP contribution in [0.4, 0.5) is 0 Å². The predicted molar refractivity (Wildman–Crippen MR) is 70.1 cm³/mol. The molecule has 0 aromatic heterocycles. The third kappa shape index (κ3) is 3.84. The molecule has 1 atom stereocenters. The minimum Gasteiger partial charge on any atom is -0.490 e. The zero-order valence-electron chi connectivity index (χ0n) is 11.0. The maximum absolute atomic E-state index is 12.0. The predicted octanol–water partition coefficient (Wildman–Crippen LogP) is 3.23. The maximum Gasteiger partial charge on any atom is 0.163 e. The molecule has 0 spiro atoms. The van der Waals surface area contributed by atoms with Crippen molar-refractivity contribution in [3.8, 4) is 5.75 Å². The molecule has 18 heavy (non-hydrogen) atoms. The van der Waals surface area contributed by atoms with E-state index >= 15 is 0 Å². The van der Waals surface area contributed by atoms with Crippen LogP contribution in [0.5, 0.6) is 5.75 Å². The summed E-state index contributed by atoms with van der Waals surface area (Å²) in [5.74, 6) is 0.961. The van der Waals surface area contributed by atoms with Crippen LogP contribution in [-0.2, 0) is 4.74 Å². The van der Waals surface area contributed by atoms with Crippen molar-refractivity contribution in [1.82, 2.24) is 0 Å². The maximum atomic E-state index is 12.0. The van der Waals surface area contributed by atoms with Crippen LogP contribution in [0.15, 0.2) is 24.3 Å². The number of carbonyl (C=O) groups excluding carboxylic acids is 1. The molecule has 1 aromatic rings. The first-order valence-corrected chi connectivity index (χ1v) is 6.51. The standard InChI is InChI=1S/C15H20O3/c1-11(17-2)6-9-15(16)12-4-3-5-14(10-12)18-13-7-8-13/h3-5,10-11,13H,6-9H2,1-2H3. The molecule has 1 saturated carbocycles. The molecule has 1 aliphatic rings. The highest BCUT2D eigenvalue weighted by molar-refractivity contribution is 5.96. The monoisotopic (exact) mass is 248 g/mol. The van der Waals surface area contributed by atoms with Crippen molar-refractivity contribution in [2.75, 3.05) is 7.11 Å². The highest BCUT2D eigenvalue weighted by Gasteiger charge is 2.23. The van der Waals surface area contributed by atoms with Gasteiger partial charge in [0.05, 0.1) is 12.2 Å². The summed E-state index contributed by atoms with van der Waals surface area (Å²) in [7, 11) is 1.67. The minimum absolute atomic E-state index is 0.125. The second-order valence-electron chi connectivity index (χ2n) is 4.85. The number of hydrogen-bond donors (Lipinski definition) is 0. The van der Waals surface area contributed by atoms with Gasteiger partial charge in [-0.1, -0.05) is 12.1 Å². The molecule has 2 rings (SSSR count). The van der Waals surface area contributed by atoms with Gasteiger partial charge in [-0.2, -0.15) is 0 Å². The lowest BCUT2D eigenvalue weighted by Crippen LogP contribution is -2.08. The Hall–Kier alpha value is -1.35. The largest absolute Gasteiger partial charge is 0.490 e. The van der Waals surface area contributed by atoms with E-state index in [-0.39, 0.29) is 11.9 Å². The summed E-state index contributed by atoms with van der Waals surface area (Å²) in [4.78, 5) is 12.0. The molecule has 1 unspecified atom stereocenters. The molecule has 3 heteroatoms. The number of ketones is 1. The summed E-state index contributed by atoms with van der Waals surface area (Å²) in [5.41, 5.74) is 0.733. The van der Waals surface area contributed by atoms with E-state index in [4.69, 9.17) is 9.47 Å². The third-order valence-corrected chi connectivity index (χ3v) is 3.16. The normalized spacial score (nSPS) is 16.3. The van der Waals surface area contributed by atoms with Gasteiger partial charge in [-0.25, -0.2) is 0 Å². The quantitative estimate of drug-likeness (QED) is 0.695. The summed E-state index contributed by atoms with van der Waals surface area (Å²) in [5, 5.41) is 0. The zero-order valence-corrected chi connectivity index (χ0v) is 11.0. The second-order valence-corrected chi connectivity index (χ2v) is 4.85. The van der Waals surface area contributed by atoms with E-state index in [1.54, 1.807) is 7.11 Å². The van der Waals surface area contributed by atoms with Gasteiger partial charge in [-0.05, 0) is 38.3 Å². The van der Waals surface area contributed by atoms with Gasteiger partial charge in [0.2, 0.25) is 0 Å². The van der Waals surface area contributed by atoms with Crippen LogP contribution < -0.4 is 4.74 Å².